The van der Waals surface area contributed by atoms with Crippen molar-refractivity contribution in [3.63, 3.8) is 0 Å². The summed E-state index contributed by atoms with van der Waals surface area (Å²) < 4.78 is 0. The Morgan fingerprint density at radius 2 is 2.20 bits per heavy atom. The van der Waals surface area contributed by atoms with Crippen LogP contribution in [0.5, 0.6) is 0 Å². The summed E-state index contributed by atoms with van der Waals surface area (Å²) in [7, 11) is 1.58. The zero-order chi connectivity index (χ0) is 14.6. The summed E-state index contributed by atoms with van der Waals surface area (Å²) in [4.78, 5) is 15.5. The van der Waals surface area contributed by atoms with Crippen LogP contribution in [0.1, 0.15) is 43.1 Å². The van der Waals surface area contributed by atoms with E-state index in [1.54, 1.807) is 25.4 Å². The van der Waals surface area contributed by atoms with E-state index in [1.807, 2.05) is 0 Å². The number of pyridine rings is 1. The fraction of sp³-hybridized carbons (Fsp3) is 0.600. The van der Waals surface area contributed by atoms with Gasteiger partial charge in [-0.25, -0.2) is 0 Å². The number of hydrogen-bond acceptors (Lipinski definition) is 4. The van der Waals surface area contributed by atoms with Gasteiger partial charge in [-0.1, -0.05) is 6.92 Å². The summed E-state index contributed by atoms with van der Waals surface area (Å²) in [5.74, 6) is 0.495. The third kappa shape index (κ3) is 3.70. The molecule has 1 saturated carbocycles. The predicted molar refractivity (Wildman–Crippen MR) is 78.7 cm³/mol. The number of rotatable bonds is 4. The maximum atomic E-state index is 11.5. The summed E-state index contributed by atoms with van der Waals surface area (Å²) in [5, 5.41) is 16.3. The first-order valence-corrected chi connectivity index (χ1v) is 7.17. The SMILES string of the molecule is CNC(=O)c1cc(NCC2(O)CCC(C)CC2)ccn1. The van der Waals surface area contributed by atoms with E-state index in [1.165, 1.54) is 0 Å². The molecule has 1 aromatic rings. The van der Waals surface area contributed by atoms with Crippen molar-refractivity contribution in [2.45, 2.75) is 38.2 Å². The van der Waals surface area contributed by atoms with E-state index in [2.05, 4.69) is 22.5 Å². The molecule has 20 heavy (non-hydrogen) atoms. The van der Waals surface area contributed by atoms with Gasteiger partial charge in [0.15, 0.2) is 0 Å². The molecule has 2 rings (SSSR count). The van der Waals surface area contributed by atoms with E-state index in [4.69, 9.17) is 0 Å². The lowest BCUT2D eigenvalue weighted by Gasteiger charge is -2.35. The molecule has 0 aromatic carbocycles. The molecule has 0 bridgehead atoms. The second-order valence-corrected chi connectivity index (χ2v) is 5.77. The van der Waals surface area contributed by atoms with Crippen molar-refractivity contribution in [2.24, 2.45) is 5.92 Å². The van der Waals surface area contributed by atoms with Gasteiger partial charge in [0.2, 0.25) is 0 Å². The molecule has 1 heterocycles. The van der Waals surface area contributed by atoms with E-state index in [0.717, 1.165) is 31.4 Å². The molecule has 0 spiro atoms. The van der Waals surface area contributed by atoms with Crippen LogP contribution < -0.4 is 10.6 Å². The highest BCUT2D eigenvalue weighted by molar-refractivity contribution is 5.92. The maximum Gasteiger partial charge on any atom is 0.269 e. The maximum absolute atomic E-state index is 11.5. The van der Waals surface area contributed by atoms with Crippen LogP contribution in [0.4, 0.5) is 5.69 Å². The lowest BCUT2D eigenvalue weighted by molar-refractivity contribution is 0.00501. The monoisotopic (exact) mass is 277 g/mol. The Morgan fingerprint density at radius 3 is 2.85 bits per heavy atom. The van der Waals surface area contributed by atoms with E-state index >= 15 is 0 Å². The highest BCUT2D eigenvalue weighted by atomic mass is 16.3. The second kappa shape index (κ2) is 6.22. The van der Waals surface area contributed by atoms with Gasteiger partial charge in [0.25, 0.3) is 5.91 Å². The van der Waals surface area contributed by atoms with Gasteiger partial charge < -0.3 is 15.7 Å². The molecule has 5 nitrogen and oxygen atoms in total. The fourth-order valence-corrected chi connectivity index (χ4v) is 2.54. The fourth-order valence-electron chi connectivity index (χ4n) is 2.54. The Kier molecular flexibility index (Phi) is 4.60. The van der Waals surface area contributed by atoms with E-state index in [9.17, 15) is 9.90 Å². The highest BCUT2D eigenvalue weighted by Crippen LogP contribution is 2.31. The average molecular weight is 277 g/mol. The van der Waals surface area contributed by atoms with Crippen molar-refractivity contribution >= 4 is 11.6 Å². The first-order valence-electron chi connectivity index (χ1n) is 7.17. The van der Waals surface area contributed by atoms with Crippen molar-refractivity contribution < 1.29 is 9.90 Å². The highest BCUT2D eigenvalue weighted by Gasteiger charge is 2.31. The topological polar surface area (TPSA) is 74.2 Å². The van der Waals surface area contributed by atoms with Crippen LogP contribution in [0.3, 0.4) is 0 Å². The Bertz CT molecular complexity index is 468. The molecule has 0 saturated heterocycles. The van der Waals surface area contributed by atoms with Gasteiger partial charge in [-0.15, -0.1) is 0 Å². The van der Waals surface area contributed by atoms with Crippen LogP contribution in [0.25, 0.3) is 0 Å². The first kappa shape index (κ1) is 14.8. The summed E-state index contributed by atoms with van der Waals surface area (Å²) in [6.07, 6.45) is 5.39. The zero-order valence-electron chi connectivity index (χ0n) is 12.1. The lowest BCUT2D eigenvalue weighted by Crippen LogP contribution is -2.40. The van der Waals surface area contributed by atoms with E-state index in [-0.39, 0.29) is 5.91 Å². The van der Waals surface area contributed by atoms with Gasteiger partial charge in [0.05, 0.1) is 5.60 Å². The molecule has 0 radical (unpaired) electrons. The summed E-state index contributed by atoms with van der Waals surface area (Å²) in [6, 6.07) is 3.51. The Morgan fingerprint density at radius 1 is 1.50 bits per heavy atom. The Balaban J connectivity index is 1.95. The third-order valence-electron chi connectivity index (χ3n) is 4.05. The lowest BCUT2D eigenvalue weighted by atomic mass is 9.79. The minimum Gasteiger partial charge on any atom is -0.388 e. The second-order valence-electron chi connectivity index (χ2n) is 5.77. The Labute approximate surface area is 119 Å². The minimum absolute atomic E-state index is 0.209. The number of amides is 1. The number of anilines is 1. The molecule has 0 atom stereocenters. The largest absolute Gasteiger partial charge is 0.388 e. The van der Waals surface area contributed by atoms with E-state index < -0.39 is 5.60 Å². The predicted octanol–water partition coefficient (Wildman–Crippen LogP) is 1.79. The van der Waals surface area contributed by atoms with Crippen molar-refractivity contribution in [2.75, 3.05) is 18.9 Å². The first-order chi connectivity index (χ1) is 9.52. The van der Waals surface area contributed by atoms with Gasteiger partial charge >= 0.3 is 0 Å². The third-order valence-corrected chi connectivity index (χ3v) is 4.05. The number of carbonyl (C=O) groups excluding carboxylic acids is 1. The molecule has 1 aliphatic carbocycles. The number of aromatic nitrogens is 1. The van der Waals surface area contributed by atoms with Crippen LogP contribution in [0.15, 0.2) is 18.3 Å². The molecule has 110 valence electrons. The average Bonchev–Trinajstić information content (AvgIpc) is 2.48. The van der Waals surface area contributed by atoms with Gasteiger partial charge in [-0.05, 0) is 43.7 Å². The summed E-state index contributed by atoms with van der Waals surface area (Å²) >= 11 is 0. The summed E-state index contributed by atoms with van der Waals surface area (Å²) in [5.41, 5.74) is 0.551. The summed E-state index contributed by atoms with van der Waals surface area (Å²) in [6.45, 7) is 2.74. The molecule has 1 aromatic heterocycles. The standard InChI is InChI=1S/C15H23N3O2/c1-11-3-6-15(20,7-4-11)10-18-12-5-8-17-13(9-12)14(19)16-2/h5,8-9,11,20H,3-4,6-7,10H2,1-2H3,(H,16,19)(H,17,18). The van der Waals surface area contributed by atoms with Crippen LogP contribution in [0.2, 0.25) is 0 Å². The molecule has 1 fully saturated rings. The normalized spacial score (nSPS) is 26.1. The molecule has 0 unspecified atom stereocenters. The molecular formula is C15H23N3O2. The van der Waals surface area contributed by atoms with Crippen LogP contribution >= 0.6 is 0 Å². The number of hydrogen-bond donors (Lipinski definition) is 3. The molecule has 3 N–H and O–H groups in total. The minimum atomic E-state index is -0.636. The van der Waals surface area contributed by atoms with Crippen LogP contribution in [0, 0.1) is 5.92 Å². The van der Waals surface area contributed by atoms with Crippen LogP contribution in [-0.4, -0.2) is 35.2 Å². The van der Waals surface area contributed by atoms with Crippen molar-refractivity contribution in [3.8, 4) is 0 Å². The van der Waals surface area contributed by atoms with Gasteiger partial charge in [-0.3, -0.25) is 9.78 Å². The number of nitrogens with zero attached hydrogens (tertiary/aromatic N) is 1. The molecular weight excluding hydrogens is 254 g/mol. The quantitative estimate of drug-likeness (QED) is 0.784. The molecule has 1 amide bonds. The number of aliphatic hydroxyl groups is 1. The van der Waals surface area contributed by atoms with Gasteiger partial charge in [0.1, 0.15) is 5.69 Å². The number of carbonyl (C=O) groups is 1. The number of nitrogens with one attached hydrogen (secondary N) is 2. The van der Waals surface area contributed by atoms with Crippen molar-refractivity contribution in [1.29, 1.82) is 0 Å². The van der Waals surface area contributed by atoms with Crippen LogP contribution in [-0.2, 0) is 0 Å². The molecule has 1 aliphatic rings. The molecule has 5 heteroatoms. The smallest absolute Gasteiger partial charge is 0.269 e. The van der Waals surface area contributed by atoms with Gasteiger partial charge in [-0.2, -0.15) is 0 Å². The zero-order valence-corrected chi connectivity index (χ0v) is 12.1. The van der Waals surface area contributed by atoms with Gasteiger partial charge in [0, 0.05) is 25.5 Å². The van der Waals surface area contributed by atoms with Crippen molar-refractivity contribution in [1.82, 2.24) is 10.3 Å². The Hall–Kier alpha value is -1.62. The molecule has 0 aliphatic heterocycles. The van der Waals surface area contributed by atoms with Crippen molar-refractivity contribution in [3.05, 3.63) is 24.0 Å². The van der Waals surface area contributed by atoms with E-state index in [0.29, 0.717) is 18.2 Å².